The molecule has 27 heavy (non-hydrogen) atoms. The molecule has 0 aromatic heterocycles. The summed E-state index contributed by atoms with van der Waals surface area (Å²) in [6, 6.07) is 7.60. The molecule has 1 aliphatic heterocycles. The van der Waals surface area contributed by atoms with Crippen molar-refractivity contribution in [2.45, 2.75) is 44.6 Å². The summed E-state index contributed by atoms with van der Waals surface area (Å²) in [5.41, 5.74) is 0.932. The Balaban J connectivity index is 1.78. The Hall–Kier alpha value is -2.08. The van der Waals surface area contributed by atoms with Crippen LogP contribution in [0.15, 0.2) is 24.3 Å². The zero-order valence-electron chi connectivity index (χ0n) is 16.1. The van der Waals surface area contributed by atoms with Crippen LogP contribution in [0.5, 0.6) is 5.75 Å². The van der Waals surface area contributed by atoms with Crippen LogP contribution in [0.4, 0.5) is 0 Å². The normalized spacial score (nSPS) is 24.3. The van der Waals surface area contributed by atoms with Crippen molar-refractivity contribution in [3.63, 3.8) is 0 Å². The molecule has 148 valence electrons. The number of amides is 2. The number of hydrogen-bond donors (Lipinski definition) is 1. The number of fused-ring (bicyclic) bond motifs is 1. The van der Waals surface area contributed by atoms with Gasteiger partial charge in [-0.3, -0.25) is 9.59 Å². The Morgan fingerprint density at radius 2 is 2.11 bits per heavy atom. The maximum absolute atomic E-state index is 13.2. The summed E-state index contributed by atoms with van der Waals surface area (Å²) >= 11 is 0. The van der Waals surface area contributed by atoms with Gasteiger partial charge in [0.05, 0.1) is 26.1 Å². The van der Waals surface area contributed by atoms with E-state index in [1.165, 1.54) is 0 Å². The lowest BCUT2D eigenvalue weighted by atomic mass is 9.82. The third kappa shape index (κ3) is 5.22. The van der Waals surface area contributed by atoms with E-state index in [1.807, 2.05) is 29.2 Å². The van der Waals surface area contributed by atoms with Gasteiger partial charge in [0.15, 0.2) is 0 Å². The van der Waals surface area contributed by atoms with Crippen molar-refractivity contribution in [2.75, 3.05) is 33.4 Å². The van der Waals surface area contributed by atoms with Crippen LogP contribution in [-0.2, 0) is 20.7 Å². The molecule has 1 aromatic carbocycles. The first-order chi connectivity index (χ1) is 13.2. The Kier molecular flexibility index (Phi) is 7.10. The van der Waals surface area contributed by atoms with Gasteiger partial charge < -0.3 is 19.7 Å². The molecule has 0 radical (unpaired) electrons. The van der Waals surface area contributed by atoms with E-state index in [2.05, 4.69) is 5.32 Å². The summed E-state index contributed by atoms with van der Waals surface area (Å²) in [6.07, 6.45) is 4.96. The number of hydrogen-bond acceptors (Lipinski definition) is 4. The van der Waals surface area contributed by atoms with E-state index in [1.54, 1.807) is 7.11 Å². The second-order valence-corrected chi connectivity index (χ2v) is 7.33. The van der Waals surface area contributed by atoms with E-state index >= 15 is 0 Å². The third-order valence-electron chi connectivity index (χ3n) is 5.51. The largest absolute Gasteiger partial charge is 0.497 e. The lowest BCUT2D eigenvalue weighted by Crippen LogP contribution is -2.51. The standard InChI is InChI=1S/C21H30N2O4/c1-26-17-7-4-6-16(14-17)15-20(24)23-11-5-12-27-13-10-22-21(25)18-8-2-3-9-19(18)23/h4,6-7,14,18-19H,2-3,5,8-13,15H2,1H3,(H,22,25)/t18-,19+/m1/s1. The van der Waals surface area contributed by atoms with E-state index in [4.69, 9.17) is 9.47 Å². The molecule has 1 saturated heterocycles. The molecule has 2 fully saturated rings. The minimum atomic E-state index is -0.119. The SMILES string of the molecule is COc1cccc(CC(=O)N2CCCOCCNC(=O)[C@@H]3CCCC[C@@H]32)c1. The predicted molar refractivity (Wildman–Crippen MR) is 103 cm³/mol. The molecule has 1 saturated carbocycles. The first kappa shape index (κ1) is 19.7. The fourth-order valence-corrected chi connectivity index (χ4v) is 4.14. The van der Waals surface area contributed by atoms with Crippen LogP contribution in [-0.4, -0.2) is 56.2 Å². The maximum atomic E-state index is 13.2. The molecule has 0 bridgehead atoms. The van der Waals surface area contributed by atoms with Crippen LogP contribution in [0.25, 0.3) is 0 Å². The quantitative estimate of drug-likeness (QED) is 0.880. The first-order valence-electron chi connectivity index (χ1n) is 9.97. The monoisotopic (exact) mass is 374 g/mol. The highest BCUT2D eigenvalue weighted by atomic mass is 16.5. The van der Waals surface area contributed by atoms with Crippen molar-refractivity contribution in [3.05, 3.63) is 29.8 Å². The molecule has 1 heterocycles. The molecular formula is C21H30N2O4. The van der Waals surface area contributed by atoms with Crippen LogP contribution in [0, 0.1) is 5.92 Å². The highest BCUT2D eigenvalue weighted by molar-refractivity contribution is 5.83. The molecule has 2 aliphatic rings. The number of nitrogens with one attached hydrogen (secondary N) is 1. The molecule has 2 amide bonds. The fraction of sp³-hybridized carbons (Fsp3) is 0.619. The van der Waals surface area contributed by atoms with Gasteiger partial charge in [0, 0.05) is 25.7 Å². The molecule has 6 nitrogen and oxygen atoms in total. The summed E-state index contributed by atoms with van der Waals surface area (Å²) in [7, 11) is 1.62. The van der Waals surface area contributed by atoms with Crippen LogP contribution >= 0.6 is 0 Å². The van der Waals surface area contributed by atoms with E-state index in [9.17, 15) is 9.59 Å². The van der Waals surface area contributed by atoms with E-state index < -0.39 is 0 Å². The number of carbonyl (C=O) groups is 2. The highest BCUT2D eigenvalue weighted by Gasteiger charge is 2.36. The van der Waals surface area contributed by atoms with Gasteiger partial charge in [0.1, 0.15) is 5.75 Å². The summed E-state index contributed by atoms with van der Waals surface area (Å²) in [6.45, 7) is 2.31. The Morgan fingerprint density at radius 1 is 1.26 bits per heavy atom. The van der Waals surface area contributed by atoms with E-state index in [0.29, 0.717) is 32.7 Å². The molecule has 1 aromatic rings. The molecule has 1 N–H and O–H groups in total. The predicted octanol–water partition coefficient (Wildman–Crippen LogP) is 2.16. The zero-order valence-corrected chi connectivity index (χ0v) is 16.1. The number of rotatable bonds is 3. The molecule has 0 spiro atoms. The average molecular weight is 374 g/mol. The number of carbonyl (C=O) groups excluding carboxylic acids is 2. The van der Waals surface area contributed by atoms with Crippen LogP contribution < -0.4 is 10.1 Å². The topological polar surface area (TPSA) is 67.9 Å². The Labute approximate surface area is 161 Å². The van der Waals surface area contributed by atoms with Crippen molar-refractivity contribution in [3.8, 4) is 5.75 Å². The van der Waals surface area contributed by atoms with Gasteiger partial charge in [-0.25, -0.2) is 0 Å². The Bertz CT molecular complexity index is 649. The van der Waals surface area contributed by atoms with Crippen molar-refractivity contribution >= 4 is 11.8 Å². The lowest BCUT2D eigenvalue weighted by molar-refractivity contribution is -0.138. The first-order valence-corrected chi connectivity index (χ1v) is 9.97. The molecule has 3 rings (SSSR count). The maximum Gasteiger partial charge on any atom is 0.227 e. The van der Waals surface area contributed by atoms with E-state index in [-0.39, 0.29) is 23.8 Å². The second-order valence-electron chi connectivity index (χ2n) is 7.33. The van der Waals surface area contributed by atoms with Gasteiger partial charge >= 0.3 is 0 Å². The molecule has 0 unspecified atom stereocenters. The molecule has 2 atom stereocenters. The number of methoxy groups -OCH3 is 1. The van der Waals surface area contributed by atoms with Gasteiger partial charge in [0.2, 0.25) is 11.8 Å². The van der Waals surface area contributed by atoms with Gasteiger partial charge in [-0.15, -0.1) is 0 Å². The smallest absolute Gasteiger partial charge is 0.227 e. The minimum absolute atomic E-state index is 0.0186. The minimum Gasteiger partial charge on any atom is -0.497 e. The third-order valence-corrected chi connectivity index (χ3v) is 5.51. The number of nitrogens with zero attached hydrogens (tertiary/aromatic N) is 1. The molecule has 1 aliphatic carbocycles. The number of benzene rings is 1. The number of ether oxygens (including phenoxy) is 2. The van der Waals surface area contributed by atoms with Gasteiger partial charge in [0.25, 0.3) is 0 Å². The summed E-state index contributed by atoms with van der Waals surface area (Å²) in [5.74, 6) is 0.767. The van der Waals surface area contributed by atoms with Crippen molar-refractivity contribution in [1.29, 1.82) is 0 Å². The molecule has 6 heteroatoms. The van der Waals surface area contributed by atoms with Crippen molar-refractivity contribution in [1.82, 2.24) is 10.2 Å². The van der Waals surface area contributed by atoms with Crippen LogP contribution in [0.1, 0.15) is 37.7 Å². The van der Waals surface area contributed by atoms with Gasteiger partial charge in [-0.2, -0.15) is 0 Å². The van der Waals surface area contributed by atoms with E-state index in [0.717, 1.165) is 43.4 Å². The van der Waals surface area contributed by atoms with Crippen LogP contribution in [0.3, 0.4) is 0 Å². The summed E-state index contributed by atoms with van der Waals surface area (Å²) < 4.78 is 10.8. The summed E-state index contributed by atoms with van der Waals surface area (Å²) in [4.78, 5) is 27.8. The summed E-state index contributed by atoms with van der Waals surface area (Å²) in [5, 5.41) is 2.99. The molecular weight excluding hydrogens is 344 g/mol. The average Bonchev–Trinajstić information content (AvgIpc) is 2.73. The zero-order chi connectivity index (χ0) is 19.1. The van der Waals surface area contributed by atoms with Crippen molar-refractivity contribution in [2.24, 2.45) is 5.92 Å². The highest BCUT2D eigenvalue weighted by Crippen LogP contribution is 2.30. The second kappa shape index (κ2) is 9.74. The fourth-order valence-electron chi connectivity index (χ4n) is 4.14. The van der Waals surface area contributed by atoms with Crippen LogP contribution in [0.2, 0.25) is 0 Å². The van der Waals surface area contributed by atoms with Crippen molar-refractivity contribution < 1.29 is 19.1 Å². The Morgan fingerprint density at radius 3 is 2.96 bits per heavy atom. The van der Waals surface area contributed by atoms with Gasteiger partial charge in [-0.05, 0) is 37.0 Å². The van der Waals surface area contributed by atoms with Gasteiger partial charge in [-0.1, -0.05) is 25.0 Å². The lowest BCUT2D eigenvalue weighted by Gasteiger charge is -2.39.